The largest absolute Gasteiger partial charge is 0.357 e. The average molecular weight is 279 g/mol. The van der Waals surface area contributed by atoms with Crippen LogP contribution < -0.4 is 4.90 Å². The van der Waals surface area contributed by atoms with Gasteiger partial charge in [0, 0.05) is 18.8 Å². The topological polar surface area (TPSA) is 37.2 Å². The molecule has 5 heteroatoms. The number of fused-ring (bicyclic) bond motifs is 1. The summed E-state index contributed by atoms with van der Waals surface area (Å²) in [5.41, 5.74) is 3.33. The Morgan fingerprint density at radius 1 is 0.905 bits per heavy atom. The summed E-state index contributed by atoms with van der Waals surface area (Å²) in [5, 5.41) is 8.47. The maximum Gasteiger partial charge on any atom is 0.113 e. The zero-order chi connectivity index (χ0) is 14.1. The summed E-state index contributed by atoms with van der Waals surface area (Å²) < 4.78 is 1.98. The highest BCUT2D eigenvalue weighted by atomic mass is 15.5. The predicted octanol–water partition coefficient (Wildman–Crippen LogP) is 2.17. The molecule has 1 aliphatic rings. The van der Waals surface area contributed by atoms with E-state index >= 15 is 0 Å². The minimum Gasteiger partial charge on any atom is -0.357 e. The lowest BCUT2D eigenvalue weighted by Crippen LogP contribution is -2.27. The fraction of sp³-hybridized carbons (Fsp3) is 0.250. The van der Waals surface area contributed by atoms with Crippen LogP contribution in [0.2, 0.25) is 0 Å². The Bertz CT molecular complexity index is 737. The van der Waals surface area contributed by atoms with Crippen LogP contribution in [0.15, 0.2) is 54.6 Å². The van der Waals surface area contributed by atoms with E-state index in [0.29, 0.717) is 0 Å². The number of aromatic nitrogens is 3. The third-order valence-electron chi connectivity index (χ3n) is 3.93. The quantitative estimate of drug-likeness (QED) is 0.736. The predicted molar refractivity (Wildman–Crippen MR) is 82.9 cm³/mol. The van der Waals surface area contributed by atoms with E-state index in [1.165, 1.54) is 5.69 Å². The van der Waals surface area contributed by atoms with Gasteiger partial charge in [0.1, 0.15) is 5.52 Å². The van der Waals surface area contributed by atoms with E-state index in [1.807, 2.05) is 22.9 Å². The Morgan fingerprint density at radius 2 is 1.71 bits per heavy atom. The molecule has 1 aromatic heterocycles. The second kappa shape index (κ2) is 5.18. The van der Waals surface area contributed by atoms with Gasteiger partial charge in [-0.1, -0.05) is 35.5 Å². The van der Waals surface area contributed by atoms with Gasteiger partial charge in [-0.3, -0.25) is 4.90 Å². The van der Waals surface area contributed by atoms with Crippen molar-refractivity contribution in [1.82, 2.24) is 19.9 Å². The standard InChI is InChI=1S/C16H17N5/c1-2-6-14(7-3-1)20-11-10-19(12-20)13-21-16-9-5-4-8-15(16)17-18-21/h1-9H,10-13H2. The molecule has 0 bridgehead atoms. The molecule has 0 radical (unpaired) electrons. The van der Waals surface area contributed by atoms with E-state index < -0.39 is 0 Å². The van der Waals surface area contributed by atoms with E-state index in [1.54, 1.807) is 0 Å². The lowest BCUT2D eigenvalue weighted by atomic mass is 10.3. The van der Waals surface area contributed by atoms with Crippen molar-refractivity contribution < 1.29 is 0 Å². The molecule has 5 nitrogen and oxygen atoms in total. The van der Waals surface area contributed by atoms with Crippen LogP contribution in [0.1, 0.15) is 0 Å². The Hall–Kier alpha value is -2.40. The average Bonchev–Trinajstić information content (AvgIpc) is 3.17. The molecule has 2 heterocycles. The van der Waals surface area contributed by atoms with Crippen LogP contribution in [0.5, 0.6) is 0 Å². The summed E-state index contributed by atoms with van der Waals surface area (Å²) in [6, 6.07) is 18.6. The minimum atomic E-state index is 0.782. The van der Waals surface area contributed by atoms with Crippen molar-refractivity contribution in [1.29, 1.82) is 0 Å². The number of nitrogens with zero attached hydrogens (tertiary/aromatic N) is 5. The van der Waals surface area contributed by atoms with Crippen molar-refractivity contribution in [3.8, 4) is 0 Å². The first-order valence-electron chi connectivity index (χ1n) is 7.21. The zero-order valence-electron chi connectivity index (χ0n) is 11.8. The highest BCUT2D eigenvalue weighted by Gasteiger charge is 2.20. The van der Waals surface area contributed by atoms with Crippen molar-refractivity contribution in [3.05, 3.63) is 54.6 Å². The number of benzene rings is 2. The summed E-state index contributed by atoms with van der Waals surface area (Å²) in [5.74, 6) is 0. The highest BCUT2D eigenvalue weighted by molar-refractivity contribution is 5.73. The molecule has 4 rings (SSSR count). The molecule has 0 spiro atoms. The smallest absolute Gasteiger partial charge is 0.113 e. The summed E-state index contributed by atoms with van der Waals surface area (Å²) in [4.78, 5) is 4.77. The lowest BCUT2D eigenvalue weighted by molar-refractivity contribution is 0.259. The van der Waals surface area contributed by atoms with E-state index in [-0.39, 0.29) is 0 Å². The van der Waals surface area contributed by atoms with Gasteiger partial charge in [-0.25, -0.2) is 4.68 Å². The molecule has 1 fully saturated rings. The molecule has 3 aromatic rings. The maximum absolute atomic E-state index is 4.26. The molecule has 0 aliphatic carbocycles. The Morgan fingerprint density at radius 3 is 2.62 bits per heavy atom. The molecular formula is C16H17N5. The molecule has 21 heavy (non-hydrogen) atoms. The van der Waals surface area contributed by atoms with E-state index in [9.17, 15) is 0 Å². The van der Waals surface area contributed by atoms with Crippen molar-refractivity contribution >= 4 is 16.7 Å². The molecule has 1 saturated heterocycles. The first-order valence-corrected chi connectivity index (χ1v) is 7.21. The van der Waals surface area contributed by atoms with E-state index in [4.69, 9.17) is 0 Å². The highest BCUT2D eigenvalue weighted by Crippen LogP contribution is 2.18. The van der Waals surface area contributed by atoms with Gasteiger partial charge < -0.3 is 4.90 Å². The van der Waals surface area contributed by atoms with Gasteiger partial charge in [-0.15, -0.1) is 5.10 Å². The van der Waals surface area contributed by atoms with Crippen molar-refractivity contribution in [2.45, 2.75) is 6.67 Å². The van der Waals surface area contributed by atoms with Gasteiger partial charge in [0.2, 0.25) is 0 Å². The first kappa shape index (κ1) is 12.3. The van der Waals surface area contributed by atoms with Crippen molar-refractivity contribution in [3.63, 3.8) is 0 Å². The van der Waals surface area contributed by atoms with Crippen molar-refractivity contribution in [2.75, 3.05) is 24.7 Å². The first-order chi connectivity index (χ1) is 10.4. The molecule has 0 atom stereocenters. The van der Waals surface area contributed by atoms with Gasteiger partial charge in [0.15, 0.2) is 0 Å². The van der Waals surface area contributed by atoms with Crippen LogP contribution in [-0.2, 0) is 6.67 Å². The second-order valence-electron chi connectivity index (χ2n) is 5.35. The van der Waals surface area contributed by atoms with E-state index in [2.05, 4.69) is 56.5 Å². The Balaban J connectivity index is 1.49. The summed E-state index contributed by atoms with van der Waals surface area (Å²) in [6.07, 6.45) is 0. The van der Waals surface area contributed by atoms with Crippen LogP contribution in [0.4, 0.5) is 5.69 Å². The van der Waals surface area contributed by atoms with Crippen LogP contribution in [0.3, 0.4) is 0 Å². The summed E-state index contributed by atoms with van der Waals surface area (Å²) >= 11 is 0. The summed E-state index contributed by atoms with van der Waals surface area (Å²) in [6.45, 7) is 3.81. The maximum atomic E-state index is 4.26. The number of anilines is 1. The van der Waals surface area contributed by atoms with Crippen LogP contribution in [0.25, 0.3) is 11.0 Å². The zero-order valence-corrected chi connectivity index (χ0v) is 11.8. The molecule has 1 aliphatic heterocycles. The molecular weight excluding hydrogens is 262 g/mol. The van der Waals surface area contributed by atoms with Gasteiger partial charge in [0.25, 0.3) is 0 Å². The summed E-state index contributed by atoms with van der Waals surface area (Å²) in [7, 11) is 0. The fourth-order valence-corrected chi connectivity index (χ4v) is 2.82. The normalized spacial score (nSPS) is 15.9. The Kier molecular flexibility index (Phi) is 3.05. The molecule has 0 unspecified atom stereocenters. The monoisotopic (exact) mass is 279 g/mol. The van der Waals surface area contributed by atoms with Crippen LogP contribution >= 0.6 is 0 Å². The minimum absolute atomic E-state index is 0.782. The van der Waals surface area contributed by atoms with Crippen molar-refractivity contribution in [2.24, 2.45) is 0 Å². The third-order valence-corrected chi connectivity index (χ3v) is 3.93. The van der Waals surface area contributed by atoms with Crippen LogP contribution in [-0.4, -0.2) is 39.7 Å². The van der Waals surface area contributed by atoms with Gasteiger partial charge >= 0.3 is 0 Å². The Labute approximate surface area is 123 Å². The number of hydrogen-bond donors (Lipinski definition) is 0. The third kappa shape index (κ3) is 2.36. The van der Waals surface area contributed by atoms with Gasteiger partial charge in [0.05, 0.1) is 18.9 Å². The molecule has 0 N–H and O–H groups in total. The number of para-hydroxylation sites is 2. The molecule has 0 amide bonds. The fourth-order valence-electron chi connectivity index (χ4n) is 2.82. The lowest BCUT2D eigenvalue weighted by Gasteiger charge is -2.19. The number of hydrogen-bond acceptors (Lipinski definition) is 4. The molecule has 106 valence electrons. The molecule has 2 aromatic carbocycles. The molecule has 0 saturated carbocycles. The van der Waals surface area contributed by atoms with E-state index in [0.717, 1.165) is 37.5 Å². The second-order valence-corrected chi connectivity index (χ2v) is 5.35. The van der Waals surface area contributed by atoms with Crippen LogP contribution in [0, 0.1) is 0 Å². The van der Waals surface area contributed by atoms with Gasteiger partial charge in [-0.05, 0) is 24.3 Å². The number of rotatable bonds is 3. The van der Waals surface area contributed by atoms with Gasteiger partial charge in [-0.2, -0.15) is 0 Å². The SMILES string of the molecule is c1ccc(N2CCN(Cn3nnc4ccccc43)C2)cc1.